The molecule has 0 radical (unpaired) electrons. The lowest BCUT2D eigenvalue weighted by Crippen LogP contribution is -2.22. The number of benzene rings is 1. The van der Waals surface area contributed by atoms with Crippen molar-refractivity contribution in [2.75, 3.05) is 12.4 Å². The van der Waals surface area contributed by atoms with Crippen LogP contribution in [-0.2, 0) is 13.0 Å². The van der Waals surface area contributed by atoms with E-state index in [4.69, 9.17) is 4.74 Å². The molecular weight excluding hydrogens is 264 g/mol. The van der Waals surface area contributed by atoms with Gasteiger partial charge in [-0.25, -0.2) is 0 Å². The number of anilines is 1. The van der Waals surface area contributed by atoms with E-state index in [-0.39, 0.29) is 11.6 Å². The zero-order valence-electron chi connectivity index (χ0n) is 12.8. The molecule has 0 spiro atoms. The van der Waals surface area contributed by atoms with Crippen LogP contribution in [0.1, 0.15) is 19.4 Å². The minimum absolute atomic E-state index is 0.0282. The first-order chi connectivity index (χ1) is 10.1. The molecule has 4 nitrogen and oxygen atoms in total. The van der Waals surface area contributed by atoms with Crippen molar-refractivity contribution in [3.8, 4) is 5.75 Å². The fraction of sp³-hybridized carbons (Fsp3) is 0.353. The quantitative estimate of drug-likeness (QED) is 0.888. The standard InChI is InChI=1S/C17H22N2O2/c1-4-19-12-15(9-10-17(19)20)18-13(2)11-14-7-5-6-8-16(14)21-3/h5-10,12-13,18H,4,11H2,1-3H3. The molecule has 2 aromatic rings. The first kappa shape index (κ1) is 15.2. The monoisotopic (exact) mass is 286 g/mol. The van der Waals surface area contributed by atoms with Gasteiger partial charge in [0.15, 0.2) is 0 Å². The maximum atomic E-state index is 11.6. The van der Waals surface area contributed by atoms with Gasteiger partial charge < -0.3 is 14.6 Å². The Morgan fingerprint density at radius 3 is 2.71 bits per heavy atom. The number of para-hydroxylation sites is 1. The van der Waals surface area contributed by atoms with E-state index in [1.807, 2.05) is 37.4 Å². The van der Waals surface area contributed by atoms with Crippen LogP contribution in [0.4, 0.5) is 5.69 Å². The van der Waals surface area contributed by atoms with Gasteiger partial charge in [0.05, 0.1) is 12.8 Å². The number of nitrogens with zero attached hydrogens (tertiary/aromatic N) is 1. The maximum absolute atomic E-state index is 11.6. The number of ether oxygens (including phenoxy) is 1. The molecule has 0 amide bonds. The van der Waals surface area contributed by atoms with Crippen LogP contribution in [0.5, 0.6) is 5.75 Å². The molecule has 4 heteroatoms. The number of methoxy groups -OCH3 is 1. The first-order valence-electron chi connectivity index (χ1n) is 7.23. The van der Waals surface area contributed by atoms with Gasteiger partial charge in [0, 0.05) is 24.8 Å². The molecule has 0 fully saturated rings. The van der Waals surface area contributed by atoms with Crippen molar-refractivity contribution in [1.82, 2.24) is 4.57 Å². The molecule has 0 aliphatic heterocycles. The largest absolute Gasteiger partial charge is 0.496 e. The van der Waals surface area contributed by atoms with Gasteiger partial charge in [-0.2, -0.15) is 0 Å². The van der Waals surface area contributed by atoms with E-state index in [0.29, 0.717) is 6.54 Å². The Balaban J connectivity index is 2.08. The fourth-order valence-electron chi connectivity index (χ4n) is 2.40. The predicted octanol–water partition coefficient (Wildman–Crippen LogP) is 2.92. The Morgan fingerprint density at radius 2 is 2.00 bits per heavy atom. The normalized spacial score (nSPS) is 12.0. The molecule has 0 saturated carbocycles. The Hall–Kier alpha value is -2.23. The van der Waals surface area contributed by atoms with Crippen LogP contribution in [0.15, 0.2) is 47.4 Å². The Morgan fingerprint density at radius 1 is 1.24 bits per heavy atom. The summed E-state index contributed by atoms with van der Waals surface area (Å²) in [5, 5.41) is 3.43. The zero-order valence-corrected chi connectivity index (χ0v) is 12.8. The highest BCUT2D eigenvalue weighted by atomic mass is 16.5. The third kappa shape index (κ3) is 3.88. The van der Waals surface area contributed by atoms with Crippen LogP contribution < -0.4 is 15.6 Å². The second-order valence-corrected chi connectivity index (χ2v) is 5.10. The molecule has 1 aromatic heterocycles. The van der Waals surface area contributed by atoms with Gasteiger partial charge in [0.2, 0.25) is 0 Å². The number of hydrogen-bond donors (Lipinski definition) is 1. The molecular formula is C17H22N2O2. The molecule has 1 aromatic carbocycles. The minimum Gasteiger partial charge on any atom is -0.496 e. The van der Waals surface area contributed by atoms with E-state index < -0.39 is 0 Å². The van der Waals surface area contributed by atoms with E-state index in [9.17, 15) is 4.79 Å². The molecule has 1 atom stereocenters. The Bertz CT molecular complexity index is 649. The van der Waals surface area contributed by atoms with Crippen LogP contribution in [0.3, 0.4) is 0 Å². The van der Waals surface area contributed by atoms with Crippen LogP contribution in [-0.4, -0.2) is 17.7 Å². The van der Waals surface area contributed by atoms with E-state index in [2.05, 4.69) is 18.3 Å². The Labute approximate surface area is 125 Å². The molecule has 1 unspecified atom stereocenters. The summed E-state index contributed by atoms with van der Waals surface area (Å²) in [6.07, 6.45) is 2.72. The fourth-order valence-corrected chi connectivity index (χ4v) is 2.40. The second-order valence-electron chi connectivity index (χ2n) is 5.10. The van der Waals surface area contributed by atoms with Crippen LogP contribution in [0.2, 0.25) is 0 Å². The smallest absolute Gasteiger partial charge is 0.250 e. The molecule has 0 saturated heterocycles. The van der Waals surface area contributed by atoms with Crippen LogP contribution in [0, 0.1) is 0 Å². The molecule has 0 bridgehead atoms. The highest BCUT2D eigenvalue weighted by Gasteiger charge is 2.08. The molecule has 1 heterocycles. The van der Waals surface area contributed by atoms with Gasteiger partial charge >= 0.3 is 0 Å². The third-order valence-electron chi connectivity index (χ3n) is 3.46. The number of rotatable bonds is 6. The van der Waals surface area contributed by atoms with E-state index >= 15 is 0 Å². The SMILES string of the molecule is CCn1cc(NC(C)Cc2ccccc2OC)ccc1=O. The van der Waals surface area contributed by atoms with Crippen molar-refractivity contribution in [1.29, 1.82) is 0 Å². The average molecular weight is 286 g/mol. The lowest BCUT2D eigenvalue weighted by molar-refractivity contribution is 0.409. The zero-order chi connectivity index (χ0) is 15.2. The summed E-state index contributed by atoms with van der Waals surface area (Å²) < 4.78 is 7.07. The number of aryl methyl sites for hydroxylation is 1. The lowest BCUT2D eigenvalue weighted by atomic mass is 10.1. The highest BCUT2D eigenvalue weighted by Crippen LogP contribution is 2.20. The maximum Gasteiger partial charge on any atom is 0.250 e. The molecule has 0 aliphatic rings. The lowest BCUT2D eigenvalue weighted by Gasteiger charge is -2.17. The van der Waals surface area contributed by atoms with Gasteiger partial charge in [0.25, 0.3) is 5.56 Å². The summed E-state index contributed by atoms with van der Waals surface area (Å²) in [5.41, 5.74) is 2.16. The third-order valence-corrected chi connectivity index (χ3v) is 3.46. The van der Waals surface area contributed by atoms with Gasteiger partial charge in [-0.1, -0.05) is 18.2 Å². The van der Waals surface area contributed by atoms with E-state index in [0.717, 1.165) is 17.9 Å². The highest BCUT2D eigenvalue weighted by molar-refractivity contribution is 5.42. The molecule has 21 heavy (non-hydrogen) atoms. The number of hydrogen-bond acceptors (Lipinski definition) is 3. The van der Waals surface area contributed by atoms with Crippen molar-refractivity contribution in [3.63, 3.8) is 0 Å². The topological polar surface area (TPSA) is 43.3 Å². The average Bonchev–Trinajstić information content (AvgIpc) is 2.49. The van der Waals surface area contributed by atoms with E-state index in [1.165, 1.54) is 5.56 Å². The van der Waals surface area contributed by atoms with Crippen molar-refractivity contribution < 1.29 is 4.74 Å². The summed E-state index contributed by atoms with van der Waals surface area (Å²) in [4.78, 5) is 11.6. The van der Waals surface area contributed by atoms with Gasteiger partial charge in [0.1, 0.15) is 5.75 Å². The van der Waals surface area contributed by atoms with E-state index in [1.54, 1.807) is 17.7 Å². The summed E-state index contributed by atoms with van der Waals surface area (Å²) in [7, 11) is 1.69. The van der Waals surface area contributed by atoms with Crippen LogP contribution in [0.25, 0.3) is 0 Å². The summed E-state index contributed by atoms with van der Waals surface area (Å²) in [5.74, 6) is 0.907. The van der Waals surface area contributed by atoms with Crippen LogP contribution >= 0.6 is 0 Å². The predicted molar refractivity (Wildman–Crippen MR) is 86.2 cm³/mol. The van der Waals surface area contributed by atoms with Crippen molar-refractivity contribution in [2.24, 2.45) is 0 Å². The van der Waals surface area contributed by atoms with Gasteiger partial charge in [-0.3, -0.25) is 4.79 Å². The summed E-state index contributed by atoms with van der Waals surface area (Å²) in [6.45, 7) is 4.76. The van der Waals surface area contributed by atoms with Gasteiger partial charge in [-0.15, -0.1) is 0 Å². The number of pyridine rings is 1. The molecule has 2 rings (SSSR count). The second kappa shape index (κ2) is 6.97. The number of aromatic nitrogens is 1. The first-order valence-corrected chi connectivity index (χ1v) is 7.23. The van der Waals surface area contributed by atoms with Crippen molar-refractivity contribution >= 4 is 5.69 Å². The minimum atomic E-state index is 0.0282. The molecule has 1 N–H and O–H groups in total. The van der Waals surface area contributed by atoms with Crippen molar-refractivity contribution in [3.05, 3.63) is 58.5 Å². The Kier molecular flexibility index (Phi) is 5.04. The summed E-state index contributed by atoms with van der Waals surface area (Å²) in [6, 6.07) is 11.7. The van der Waals surface area contributed by atoms with Crippen molar-refractivity contribution in [2.45, 2.75) is 32.9 Å². The molecule has 0 aliphatic carbocycles. The molecule has 112 valence electrons. The van der Waals surface area contributed by atoms with Gasteiger partial charge in [-0.05, 0) is 38.0 Å². The number of nitrogens with one attached hydrogen (secondary N) is 1. The summed E-state index contributed by atoms with van der Waals surface area (Å²) >= 11 is 0.